The fourth-order valence-corrected chi connectivity index (χ4v) is 2.91. The molecule has 9 nitrogen and oxygen atoms in total. The molecule has 170 valence electrons. The number of non-ortho nitro benzene ring substituents is 1. The summed E-state index contributed by atoms with van der Waals surface area (Å²) >= 11 is 0. The first kappa shape index (κ1) is 24.5. The molecule has 2 rings (SSSR count). The van der Waals surface area contributed by atoms with Gasteiger partial charge in [-0.1, -0.05) is 52.8 Å². The number of carbonyl (C=O) groups is 3. The monoisotopic (exact) mass is 440 g/mol. The van der Waals surface area contributed by atoms with Crippen LogP contribution in [0.5, 0.6) is 0 Å². The third-order valence-electron chi connectivity index (χ3n) is 4.87. The topological polar surface area (TPSA) is 130 Å². The molecule has 0 radical (unpaired) electrons. The number of nitrogens with one attached hydrogen (secondary N) is 3. The van der Waals surface area contributed by atoms with E-state index in [1.165, 1.54) is 18.2 Å². The molecule has 3 amide bonds. The molecule has 0 spiro atoms. The summed E-state index contributed by atoms with van der Waals surface area (Å²) in [5.74, 6) is -2.00. The van der Waals surface area contributed by atoms with Crippen molar-refractivity contribution in [3.8, 4) is 0 Å². The SMILES string of the molecule is CC(C)[C@H](NC(=O)c1ccc(C(C)(C)C)cc1)C(=O)NNC(=O)c1cccc([N+](=O)[O-])c1. The molecule has 0 unspecified atom stereocenters. The largest absolute Gasteiger partial charge is 0.340 e. The number of nitro groups is 1. The molecule has 0 aliphatic heterocycles. The lowest BCUT2D eigenvalue weighted by Gasteiger charge is -2.22. The van der Waals surface area contributed by atoms with Crippen LogP contribution in [0.25, 0.3) is 0 Å². The molecule has 2 aromatic rings. The zero-order chi connectivity index (χ0) is 24.1. The third-order valence-corrected chi connectivity index (χ3v) is 4.87. The number of rotatable bonds is 6. The number of nitro benzene ring substituents is 1. The van der Waals surface area contributed by atoms with Gasteiger partial charge < -0.3 is 5.32 Å². The van der Waals surface area contributed by atoms with Gasteiger partial charge in [-0.05, 0) is 35.1 Å². The molecule has 0 saturated carbocycles. The molecule has 0 saturated heterocycles. The van der Waals surface area contributed by atoms with Gasteiger partial charge in [0, 0.05) is 23.3 Å². The van der Waals surface area contributed by atoms with Crippen LogP contribution < -0.4 is 16.2 Å². The minimum absolute atomic E-state index is 0.0172. The van der Waals surface area contributed by atoms with E-state index in [9.17, 15) is 24.5 Å². The lowest BCUT2D eigenvalue weighted by atomic mass is 9.86. The lowest BCUT2D eigenvalue weighted by Crippen LogP contribution is -2.54. The van der Waals surface area contributed by atoms with E-state index in [1.807, 2.05) is 12.1 Å². The second kappa shape index (κ2) is 10.0. The van der Waals surface area contributed by atoms with E-state index in [1.54, 1.807) is 26.0 Å². The van der Waals surface area contributed by atoms with E-state index >= 15 is 0 Å². The summed E-state index contributed by atoms with van der Waals surface area (Å²) in [6, 6.07) is 11.4. The molecule has 0 aromatic heterocycles. The average molecular weight is 441 g/mol. The van der Waals surface area contributed by atoms with Crippen LogP contribution in [-0.4, -0.2) is 28.7 Å². The van der Waals surface area contributed by atoms with E-state index in [0.717, 1.165) is 11.6 Å². The molecule has 9 heteroatoms. The van der Waals surface area contributed by atoms with Gasteiger partial charge in [-0.2, -0.15) is 0 Å². The highest BCUT2D eigenvalue weighted by Crippen LogP contribution is 2.22. The molecule has 0 heterocycles. The lowest BCUT2D eigenvalue weighted by molar-refractivity contribution is -0.384. The number of hydrogen-bond donors (Lipinski definition) is 3. The molecule has 32 heavy (non-hydrogen) atoms. The van der Waals surface area contributed by atoms with E-state index < -0.39 is 28.7 Å². The zero-order valence-electron chi connectivity index (χ0n) is 18.8. The minimum Gasteiger partial charge on any atom is -0.340 e. The van der Waals surface area contributed by atoms with Crippen LogP contribution in [0.15, 0.2) is 48.5 Å². The standard InChI is InChI=1S/C23H28N4O5/c1-14(2)19(24-20(28)15-9-11-17(12-10-15)23(3,4)5)22(30)26-25-21(29)16-7-6-8-18(13-16)27(31)32/h6-14,19H,1-5H3,(H,24,28)(H,25,29)(H,26,30)/t19-/m0/s1. The summed E-state index contributed by atoms with van der Waals surface area (Å²) in [5.41, 5.74) is 5.72. The number of hydrazine groups is 1. The van der Waals surface area contributed by atoms with Crippen LogP contribution in [0.1, 0.15) is 60.9 Å². The first-order chi connectivity index (χ1) is 14.9. The number of nitrogens with zero attached hydrogens (tertiary/aromatic N) is 1. The number of amides is 3. The zero-order valence-corrected chi connectivity index (χ0v) is 18.8. The van der Waals surface area contributed by atoms with E-state index in [-0.39, 0.29) is 22.6 Å². The second-order valence-electron chi connectivity index (χ2n) is 8.77. The predicted molar refractivity (Wildman–Crippen MR) is 120 cm³/mol. The number of benzene rings is 2. The Morgan fingerprint density at radius 3 is 2.06 bits per heavy atom. The Hall–Kier alpha value is -3.75. The smallest absolute Gasteiger partial charge is 0.270 e. The maximum absolute atomic E-state index is 12.6. The van der Waals surface area contributed by atoms with Gasteiger partial charge in [-0.25, -0.2) is 0 Å². The van der Waals surface area contributed by atoms with Crippen molar-refractivity contribution < 1.29 is 19.3 Å². The van der Waals surface area contributed by atoms with Crippen LogP contribution in [0.3, 0.4) is 0 Å². The van der Waals surface area contributed by atoms with Crippen LogP contribution in [-0.2, 0) is 10.2 Å². The fourth-order valence-electron chi connectivity index (χ4n) is 2.91. The van der Waals surface area contributed by atoms with Crippen LogP contribution in [0.4, 0.5) is 5.69 Å². The number of carbonyl (C=O) groups excluding carboxylic acids is 3. The van der Waals surface area contributed by atoms with E-state index in [4.69, 9.17) is 0 Å². The summed E-state index contributed by atoms with van der Waals surface area (Å²) in [6.07, 6.45) is 0. The van der Waals surface area contributed by atoms with Gasteiger partial charge >= 0.3 is 0 Å². The molecular weight excluding hydrogens is 412 g/mol. The summed E-state index contributed by atoms with van der Waals surface area (Å²) in [5, 5.41) is 13.5. The average Bonchev–Trinajstić information content (AvgIpc) is 2.74. The summed E-state index contributed by atoms with van der Waals surface area (Å²) < 4.78 is 0. The van der Waals surface area contributed by atoms with Gasteiger partial charge in [0.15, 0.2) is 0 Å². The fraction of sp³-hybridized carbons (Fsp3) is 0.348. The Kier molecular flexibility index (Phi) is 7.69. The van der Waals surface area contributed by atoms with Crippen LogP contribution in [0, 0.1) is 16.0 Å². The molecule has 3 N–H and O–H groups in total. The van der Waals surface area contributed by atoms with Gasteiger partial charge in [0.05, 0.1) is 4.92 Å². The van der Waals surface area contributed by atoms with Gasteiger partial charge in [0.25, 0.3) is 23.4 Å². The highest BCUT2D eigenvalue weighted by molar-refractivity contribution is 5.99. The number of hydrogen-bond acceptors (Lipinski definition) is 5. The Morgan fingerprint density at radius 2 is 1.53 bits per heavy atom. The highest BCUT2D eigenvalue weighted by atomic mass is 16.6. The second-order valence-corrected chi connectivity index (χ2v) is 8.77. The van der Waals surface area contributed by atoms with Gasteiger partial charge in [-0.3, -0.25) is 35.3 Å². The quantitative estimate of drug-likeness (QED) is 0.469. The molecule has 0 fully saturated rings. The Balaban J connectivity index is 2.03. The Bertz CT molecular complexity index is 1010. The molecule has 1 atom stereocenters. The molecule has 0 bridgehead atoms. The first-order valence-corrected chi connectivity index (χ1v) is 10.2. The third kappa shape index (κ3) is 6.37. The normalized spacial score (nSPS) is 12.1. The summed E-state index contributed by atoms with van der Waals surface area (Å²) in [6.45, 7) is 9.74. The maximum Gasteiger partial charge on any atom is 0.270 e. The summed E-state index contributed by atoms with van der Waals surface area (Å²) in [4.78, 5) is 47.7. The first-order valence-electron chi connectivity index (χ1n) is 10.2. The maximum atomic E-state index is 12.6. The molecule has 0 aliphatic carbocycles. The molecule has 2 aromatic carbocycles. The van der Waals surface area contributed by atoms with Gasteiger partial charge in [0.2, 0.25) is 0 Å². The Labute approximate surface area is 186 Å². The highest BCUT2D eigenvalue weighted by Gasteiger charge is 2.25. The van der Waals surface area contributed by atoms with Gasteiger partial charge in [-0.15, -0.1) is 0 Å². The van der Waals surface area contributed by atoms with Crippen molar-refractivity contribution >= 4 is 23.4 Å². The van der Waals surface area contributed by atoms with Crippen molar-refractivity contribution in [2.45, 2.75) is 46.1 Å². The van der Waals surface area contributed by atoms with Crippen LogP contribution in [0.2, 0.25) is 0 Å². The van der Waals surface area contributed by atoms with Crippen molar-refractivity contribution in [1.29, 1.82) is 0 Å². The van der Waals surface area contributed by atoms with Crippen molar-refractivity contribution in [3.63, 3.8) is 0 Å². The van der Waals surface area contributed by atoms with Gasteiger partial charge in [0.1, 0.15) is 6.04 Å². The molecular formula is C23H28N4O5. The predicted octanol–water partition coefficient (Wildman–Crippen LogP) is 3.11. The van der Waals surface area contributed by atoms with Crippen LogP contribution >= 0.6 is 0 Å². The van der Waals surface area contributed by atoms with Crippen molar-refractivity contribution in [2.24, 2.45) is 5.92 Å². The minimum atomic E-state index is -0.907. The van der Waals surface area contributed by atoms with Crippen molar-refractivity contribution in [2.75, 3.05) is 0 Å². The Morgan fingerprint density at radius 1 is 0.906 bits per heavy atom. The van der Waals surface area contributed by atoms with E-state index in [0.29, 0.717) is 5.56 Å². The van der Waals surface area contributed by atoms with Crippen molar-refractivity contribution in [1.82, 2.24) is 16.2 Å². The van der Waals surface area contributed by atoms with E-state index in [2.05, 4.69) is 36.9 Å². The van der Waals surface area contributed by atoms with Crippen molar-refractivity contribution in [3.05, 3.63) is 75.3 Å². The summed E-state index contributed by atoms with van der Waals surface area (Å²) in [7, 11) is 0. The molecule has 0 aliphatic rings.